The Morgan fingerprint density at radius 1 is 0.796 bits per heavy atom. The summed E-state index contributed by atoms with van der Waals surface area (Å²) in [5.41, 5.74) is 3.40. The molecule has 0 saturated carbocycles. The van der Waals surface area contributed by atoms with Gasteiger partial charge in [0.1, 0.15) is 0 Å². The van der Waals surface area contributed by atoms with Gasteiger partial charge in [-0.1, -0.05) is 23.2 Å². The molecule has 4 rings (SSSR count). The minimum Gasteiger partial charge on any atom is -1.00 e. The third-order valence-corrected chi connectivity index (χ3v) is 6.09. The van der Waals surface area contributed by atoms with Crippen molar-refractivity contribution in [2.45, 2.75) is 13.8 Å². The third kappa shape index (κ3) is 22.1. The summed E-state index contributed by atoms with van der Waals surface area (Å²) in [5.74, 6) is -1.82. The molecule has 0 unspecified atom stereocenters. The molecule has 49 heavy (non-hydrogen) atoms. The van der Waals surface area contributed by atoms with Gasteiger partial charge in [0.2, 0.25) is 5.78 Å². The quantitative estimate of drug-likeness (QED) is 0.0408. The van der Waals surface area contributed by atoms with E-state index >= 15 is 0 Å². The molecule has 0 saturated heterocycles. The molecular weight excluding hydrogens is 759 g/mol. The third-order valence-electron chi connectivity index (χ3n) is 5.35. The molecule has 2 aromatic heterocycles. The molecule has 13 nitrogen and oxygen atoms in total. The Kier molecular flexibility index (Phi) is 34.6. The number of carboxylic acid groups (broad SMARTS) is 1. The van der Waals surface area contributed by atoms with Crippen molar-refractivity contribution in [1.82, 2.24) is 16.1 Å². The maximum Gasteiger partial charge on any atom is 1.00 e. The Bertz CT molecular complexity index is 1590. The second kappa shape index (κ2) is 31.3. The molecule has 0 aliphatic heterocycles. The predicted molar refractivity (Wildman–Crippen MR) is 174 cm³/mol. The number of pyridine rings is 2. The summed E-state index contributed by atoms with van der Waals surface area (Å²) >= 11 is 16.6. The first-order valence-corrected chi connectivity index (χ1v) is 13.8. The number of halogens is 3. The first kappa shape index (κ1) is 54.3. The van der Waals surface area contributed by atoms with Crippen molar-refractivity contribution in [3.8, 4) is 0 Å². The Labute approximate surface area is 384 Å². The van der Waals surface area contributed by atoms with Gasteiger partial charge in [-0.3, -0.25) is 24.4 Å². The minimum absolute atomic E-state index is 0. The van der Waals surface area contributed by atoms with Crippen LogP contribution in [-0.2, 0) is 14.4 Å². The van der Waals surface area contributed by atoms with Gasteiger partial charge in [-0.25, -0.2) is 9.59 Å². The average Bonchev–Trinajstić information content (AvgIpc) is 3.05. The molecular formula is C31H32Cl3K2N3O10. The Morgan fingerprint density at radius 2 is 1.18 bits per heavy atom. The van der Waals surface area contributed by atoms with Gasteiger partial charge in [-0.2, -0.15) is 0 Å². The second-order valence-corrected chi connectivity index (χ2v) is 9.59. The number of aromatic nitrogens is 2. The van der Waals surface area contributed by atoms with Crippen LogP contribution >= 0.6 is 34.8 Å². The van der Waals surface area contributed by atoms with E-state index in [-0.39, 0.29) is 152 Å². The number of alkyl halides is 1. The molecule has 2 heterocycles. The molecule has 254 valence electrons. The van der Waals surface area contributed by atoms with Gasteiger partial charge < -0.3 is 33.0 Å². The van der Waals surface area contributed by atoms with Crippen molar-refractivity contribution in [3.63, 3.8) is 0 Å². The van der Waals surface area contributed by atoms with Gasteiger partial charge in [0.05, 0.1) is 17.0 Å². The Balaban J connectivity index is -0.000000195. The van der Waals surface area contributed by atoms with Crippen LogP contribution in [0.25, 0.3) is 0 Å². The van der Waals surface area contributed by atoms with E-state index < -0.39 is 11.9 Å². The zero-order valence-electron chi connectivity index (χ0n) is 28.0. The van der Waals surface area contributed by atoms with E-state index in [0.717, 1.165) is 11.1 Å². The van der Waals surface area contributed by atoms with Crippen LogP contribution in [0.3, 0.4) is 0 Å². The van der Waals surface area contributed by atoms with Crippen molar-refractivity contribution < 1.29 is 154 Å². The summed E-state index contributed by atoms with van der Waals surface area (Å²) in [6.07, 6.45) is 6.26. The molecule has 2 aromatic carbocycles. The van der Waals surface area contributed by atoms with Gasteiger partial charge in [-0.15, -0.1) is 11.6 Å². The van der Waals surface area contributed by atoms with E-state index in [1.54, 1.807) is 74.0 Å². The molecule has 0 aliphatic rings. The van der Waals surface area contributed by atoms with Crippen molar-refractivity contribution in [3.05, 3.63) is 129 Å². The van der Waals surface area contributed by atoms with Crippen molar-refractivity contribution in [1.29, 1.82) is 0 Å². The fourth-order valence-electron chi connectivity index (χ4n) is 3.05. The molecule has 4 aromatic rings. The molecule has 0 atom stereocenters. The van der Waals surface area contributed by atoms with Gasteiger partial charge in [0, 0.05) is 46.0 Å². The number of aromatic carboxylic acids is 1. The largest absolute Gasteiger partial charge is 1.00 e. The summed E-state index contributed by atoms with van der Waals surface area (Å²) in [5, 5.41) is 17.9. The number of nitrogens with zero attached hydrogens (tertiary/aromatic N) is 2. The topological polar surface area (TPSA) is 239 Å². The number of carbonyl (C=O) groups excluding carboxylic acids is 4. The molecule has 0 spiro atoms. The second-order valence-electron chi connectivity index (χ2n) is 8.45. The first-order valence-electron chi connectivity index (χ1n) is 12.5. The maximum absolute atomic E-state index is 11.9. The van der Waals surface area contributed by atoms with Crippen LogP contribution in [-0.4, -0.2) is 63.0 Å². The van der Waals surface area contributed by atoms with Crippen molar-refractivity contribution >= 4 is 64.8 Å². The number of carboxylic acids is 1. The summed E-state index contributed by atoms with van der Waals surface area (Å²) < 4.78 is 4.98. The first-order chi connectivity index (χ1) is 21.4. The molecule has 0 amide bonds. The Hall–Kier alpha value is -1.49. The number of ketones is 2. The van der Waals surface area contributed by atoms with E-state index in [2.05, 4.69) is 14.9 Å². The van der Waals surface area contributed by atoms with Gasteiger partial charge in [0.25, 0.3) is 6.47 Å². The van der Waals surface area contributed by atoms with Crippen LogP contribution in [0.4, 0.5) is 0 Å². The van der Waals surface area contributed by atoms with Gasteiger partial charge >= 0.3 is 115 Å². The van der Waals surface area contributed by atoms with E-state index in [4.69, 9.17) is 54.7 Å². The standard InChI is InChI=1S/C15H12ClNO3.C8H8ClNO.C7H5ClO2.CH2O3.2K.H3N.H2O.H/c1-10-6-7-17-8-13(10)14(18)9-20-15(19)11-2-4-12(16)5-3-11;1-6-2-3-10-5-7(6)8(11)4-9;8-6-3-1-5(2-4-6)7(9)10;2-1-4-3;;;;;/h2-8H,9H2,1H3;2-3,5H,4H2,1H3;1-4H,(H,9,10);1,3H;;;1H3;1H2;/q;;;;2*+1;;;-1/p-1. The zero-order chi connectivity index (χ0) is 33.8. The number of aryl methyl sites for hydroxylation is 2. The number of ether oxygens (including phenoxy) is 1. The Morgan fingerprint density at radius 3 is 1.53 bits per heavy atom. The van der Waals surface area contributed by atoms with E-state index in [1.807, 2.05) is 6.92 Å². The summed E-state index contributed by atoms with van der Waals surface area (Å²) in [7, 11) is 0. The van der Waals surface area contributed by atoms with Crippen LogP contribution in [0.15, 0.2) is 85.5 Å². The van der Waals surface area contributed by atoms with E-state index in [0.29, 0.717) is 26.7 Å². The van der Waals surface area contributed by atoms with Gasteiger partial charge in [-0.05, 0) is 85.6 Å². The van der Waals surface area contributed by atoms with Crippen molar-refractivity contribution in [2.24, 2.45) is 0 Å². The van der Waals surface area contributed by atoms with Crippen LogP contribution < -0.4 is 114 Å². The number of benzene rings is 2. The maximum atomic E-state index is 11.9. The number of hydrogen-bond donors (Lipinski definition) is 2. The van der Waals surface area contributed by atoms with Crippen LogP contribution in [0, 0.1) is 13.8 Å². The number of Topliss-reactive ketones (excluding diaryl/α,β-unsaturated/α-hetero) is 2. The number of carbonyl (C=O) groups is 5. The SMILES string of the molecule is Cc1ccncc1C(=O)CCl.Cc1ccncc1C(=O)COC(=O)c1ccc(Cl)cc1.N.O.O=C(O)c1ccc(Cl)cc1.O=CO[O-].[H-].[K+].[K+]. The fraction of sp³-hybridized carbons (Fsp3) is 0.129. The molecule has 0 radical (unpaired) electrons. The van der Waals surface area contributed by atoms with E-state index in [1.165, 1.54) is 18.3 Å². The average molecular weight is 791 g/mol. The predicted octanol–water partition coefficient (Wildman–Crippen LogP) is -1.17. The molecule has 0 fully saturated rings. The number of esters is 1. The molecule has 0 bridgehead atoms. The van der Waals surface area contributed by atoms with Crippen LogP contribution in [0.5, 0.6) is 0 Å². The summed E-state index contributed by atoms with van der Waals surface area (Å²) in [6, 6.07) is 15.8. The van der Waals surface area contributed by atoms with Crippen LogP contribution in [0.2, 0.25) is 10.0 Å². The molecule has 6 N–H and O–H groups in total. The summed E-state index contributed by atoms with van der Waals surface area (Å²) in [6.45, 7) is 3.17. The van der Waals surface area contributed by atoms with Crippen LogP contribution in [0.1, 0.15) is 54.0 Å². The fourth-order valence-corrected chi connectivity index (χ4v) is 3.45. The van der Waals surface area contributed by atoms with Crippen molar-refractivity contribution in [2.75, 3.05) is 12.5 Å². The smallest absolute Gasteiger partial charge is 1.00 e. The molecule has 0 aliphatic carbocycles. The number of hydrogen-bond acceptors (Lipinski definition) is 11. The summed E-state index contributed by atoms with van der Waals surface area (Å²) in [4.78, 5) is 64.0. The minimum atomic E-state index is -0.934. The molecule has 18 heteroatoms. The normalized spacial score (nSPS) is 8.61. The zero-order valence-corrected chi connectivity index (χ0v) is 35.5. The number of rotatable bonds is 8. The van der Waals surface area contributed by atoms with E-state index in [9.17, 15) is 19.2 Å². The van der Waals surface area contributed by atoms with Gasteiger partial charge in [0.15, 0.2) is 12.4 Å². The monoisotopic (exact) mass is 789 g/mol.